The fourth-order valence-corrected chi connectivity index (χ4v) is 3.73. The van der Waals surface area contributed by atoms with Gasteiger partial charge in [-0.05, 0) is 56.2 Å². The highest BCUT2D eigenvalue weighted by Gasteiger charge is 2.22. The first-order valence-electron chi connectivity index (χ1n) is 9.58. The SMILES string of the molecule is CCN(CCc1nc2c(C)cccc2[nH]1)C(=O)c1ccc2c(c1)C[C@@H](C)O2. The van der Waals surface area contributed by atoms with Gasteiger partial charge in [-0.15, -0.1) is 0 Å². The lowest BCUT2D eigenvalue weighted by Crippen LogP contribution is -2.33. The maximum absolute atomic E-state index is 13.0. The van der Waals surface area contributed by atoms with E-state index in [2.05, 4.69) is 24.9 Å². The van der Waals surface area contributed by atoms with Gasteiger partial charge >= 0.3 is 0 Å². The van der Waals surface area contributed by atoms with E-state index in [1.807, 2.05) is 42.2 Å². The molecular weight excluding hydrogens is 338 g/mol. The molecule has 0 saturated carbocycles. The lowest BCUT2D eigenvalue weighted by atomic mass is 10.1. The Hall–Kier alpha value is -2.82. The summed E-state index contributed by atoms with van der Waals surface area (Å²) in [5.74, 6) is 1.88. The van der Waals surface area contributed by atoms with Gasteiger partial charge in [0, 0.05) is 31.5 Å². The van der Waals surface area contributed by atoms with Crippen molar-refractivity contribution < 1.29 is 9.53 Å². The summed E-state index contributed by atoms with van der Waals surface area (Å²) in [6, 6.07) is 11.9. The van der Waals surface area contributed by atoms with Crippen molar-refractivity contribution in [3.63, 3.8) is 0 Å². The normalized spacial score (nSPS) is 15.6. The molecule has 27 heavy (non-hydrogen) atoms. The molecule has 1 atom stereocenters. The zero-order chi connectivity index (χ0) is 19.0. The number of hydrogen-bond acceptors (Lipinski definition) is 3. The van der Waals surface area contributed by atoms with Crippen LogP contribution < -0.4 is 4.74 Å². The van der Waals surface area contributed by atoms with Crippen LogP contribution in [0.1, 0.15) is 41.2 Å². The smallest absolute Gasteiger partial charge is 0.253 e. The molecule has 1 N–H and O–H groups in total. The number of amides is 1. The van der Waals surface area contributed by atoms with Crippen molar-refractivity contribution in [2.75, 3.05) is 13.1 Å². The van der Waals surface area contributed by atoms with E-state index in [0.717, 1.165) is 45.7 Å². The van der Waals surface area contributed by atoms with Crippen molar-refractivity contribution in [3.8, 4) is 5.75 Å². The number of aryl methyl sites for hydroxylation is 1. The standard InChI is InChI=1S/C22H25N3O2/c1-4-25(11-10-20-23-18-7-5-6-14(2)21(18)24-20)22(26)16-8-9-19-17(13-16)12-15(3)27-19/h5-9,13,15H,4,10-12H2,1-3H3,(H,23,24)/t15-/m1/s1. The molecule has 1 amide bonds. The van der Waals surface area contributed by atoms with Gasteiger partial charge in [-0.2, -0.15) is 0 Å². The second kappa shape index (κ2) is 7.06. The summed E-state index contributed by atoms with van der Waals surface area (Å²) in [5, 5.41) is 0. The number of para-hydroxylation sites is 1. The summed E-state index contributed by atoms with van der Waals surface area (Å²) in [5.41, 5.74) is 5.07. The number of benzene rings is 2. The molecule has 2 aromatic carbocycles. The molecule has 0 radical (unpaired) electrons. The Bertz CT molecular complexity index is 992. The summed E-state index contributed by atoms with van der Waals surface area (Å²) >= 11 is 0. The molecule has 0 spiro atoms. The van der Waals surface area contributed by atoms with Crippen molar-refractivity contribution in [1.82, 2.24) is 14.9 Å². The Morgan fingerprint density at radius 3 is 2.96 bits per heavy atom. The number of H-pyrrole nitrogens is 1. The topological polar surface area (TPSA) is 58.2 Å². The molecule has 1 aliphatic heterocycles. The molecule has 2 heterocycles. The first kappa shape index (κ1) is 17.6. The molecule has 0 unspecified atom stereocenters. The number of likely N-dealkylation sites (N-methyl/N-ethyl adjacent to an activating group) is 1. The highest BCUT2D eigenvalue weighted by molar-refractivity contribution is 5.94. The largest absolute Gasteiger partial charge is 0.490 e. The Labute approximate surface area is 159 Å². The fourth-order valence-electron chi connectivity index (χ4n) is 3.73. The summed E-state index contributed by atoms with van der Waals surface area (Å²) in [6.45, 7) is 7.43. The molecular formula is C22H25N3O2. The summed E-state index contributed by atoms with van der Waals surface area (Å²) in [6.07, 6.45) is 1.75. The Morgan fingerprint density at radius 2 is 2.19 bits per heavy atom. The van der Waals surface area contributed by atoms with Crippen LogP contribution >= 0.6 is 0 Å². The molecule has 0 bridgehead atoms. The van der Waals surface area contributed by atoms with Crippen LogP contribution in [0.2, 0.25) is 0 Å². The van der Waals surface area contributed by atoms with Crippen LogP contribution in [0.3, 0.4) is 0 Å². The fraction of sp³-hybridized carbons (Fsp3) is 0.364. The highest BCUT2D eigenvalue weighted by atomic mass is 16.5. The molecule has 0 aliphatic carbocycles. The maximum atomic E-state index is 13.0. The molecule has 0 fully saturated rings. The number of fused-ring (bicyclic) bond motifs is 2. The van der Waals surface area contributed by atoms with Crippen molar-refractivity contribution >= 4 is 16.9 Å². The van der Waals surface area contributed by atoms with Crippen molar-refractivity contribution in [2.24, 2.45) is 0 Å². The van der Waals surface area contributed by atoms with Crippen LogP contribution in [-0.2, 0) is 12.8 Å². The molecule has 4 rings (SSSR count). The number of rotatable bonds is 5. The van der Waals surface area contributed by atoms with Crippen LogP contribution in [0.15, 0.2) is 36.4 Å². The lowest BCUT2D eigenvalue weighted by Gasteiger charge is -2.20. The first-order valence-corrected chi connectivity index (χ1v) is 9.58. The third-order valence-corrected chi connectivity index (χ3v) is 5.19. The minimum Gasteiger partial charge on any atom is -0.490 e. The number of carbonyl (C=O) groups excluding carboxylic acids is 1. The van der Waals surface area contributed by atoms with Crippen LogP contribution in [0.4, 0.5) is 0 Å². The molecule has 0 saturated heterocycles. The van der Waals surface area contributed by atoms with E-state index in [1.54, 1.807) is 0 Å². The molecule has 5 heteroatoms. The van der Waals surface area contributed by atoms with Crippen molar-refractivity contribution in [3.05, 3.63) is 58.9 Å². The molecule has 1 aliphatic rings. The van der Waals surface area contributed by atoms with E-state index >= 15 is 0 Å². The van der Waals surface area contributed by atoms with Crippen LogP contribution in [0.25, 0.3) is 11.0 Å². The zero-order valence-corrected chi connectivity index (χ0v) is 16.1. The van der Waals surface area contributed by atoms with Gasteiger partial charge in [-0.25, -0.2) is 4.98 Å². The summed E-state index contributed by atoms with van der Waals surface area (Å²) in [7, 11) is 0. The number of nitrogens with zero attached hydrogens (tertiary/aromatic N) is 2. The van der Waals surface area contributed by atoms with Crippen LogP contribution in [-0.4, -0.2) is 40.0 Å². The van der Waals surface area contributed by atoms with Crippen molar-refractivity contribution in [1.29, 1.82) is 0 Å². The molecule has 1 aromatic heterocycles. The lowest BCUT2D eigenvalue weighted by molar-refractivity contribution is 0.0765. The number of nitrogens with one attached hydrogen (secondary N) is 1. The summed E-state index contributed by atoms with van der Waals surface area (Å²) in [4.78, 5) is 22.9. The third-order valence-electron chi connectivity index (χ3n) is 5.19. The first-order chi connectivity index (χ1) is 13.0. The molecule has 140 valence electrons. The quantitative estimate of drug-likeness (QED) is 0.748. The third kappa shape index (κ3) is 3.42. The van der Waals surface area contributed by atoms with E-state index in [1.165, 1.54) is 0 Å². The van der Waals surface area contributed by atoms with E-state index in [9.17, 15) is 4.79 Å². The molecule has 5 nitrogen and oxygen atoms in total. The minimum atomic E-state index is 0.0622. The van der Waals surface area contributed by atoms with Crippen LogP contribution in [0.5, 0.6) is 5.75 Å². The van der Waals surface area contributed by atoms with E-state index in [-0.39, 0.29) is 12.0 Å². The van der Waals surface area contributed by atoms with Crippen LogP contribution in [0, 0.1) is 6.92 Å². The average molecular weight is 363 g/mol. The average Bonchev–Trinajstić information content (AvgIpc) is 3.24. The predicted octanol–water partition coefficient (Wildman–Crippen LogP) is 3.90. The Kier molecular flexibility index (Phi) is 4.60. The van der Waals surface area contributed by atoms with E-state index in [4.69, 9.17) is 9.72 Å². The van der Waals surface area contributed by atoms with E-state index < -0.39 is 0 Å². The number of ether oxygens (including phenoxy) is 1. The Morgan fingerprint density at radius 1 is 1.33 bits per heavy atom. The van der Waals surface area contributed by atoms with Gasteiger partial charge in [0.1, 0.15) is 17.7 Å². The number of aromatic amines is 1. The second-order valence-electron chi connectivity index (χ2n) is 7.24. The number of aromatic nitrogens is 2. The predicted molar refractivity (Wildman–Crippen MR) is 106 cm³/mol. The number of carbonyl (C=O) groups is 1. The monoisotopic (exact) mass is 363 g/mol. The minimum absolute atomic E-state index is 0.0622. The van der Waals surface area contributed by atoms with Gasteiger partial charge in [0.25, 0.3) is 5.91 Å². The van der Waals surface area contributed by atoms with Gasteiger partial charge in [0.15, 0.2) is 0 Å². The maximum Gasteiger partial charge on any atom is 0.253 e. The van der Waals surface area contributed by atoms with Gasteiger partial charge < -0.3 is 14.6 Å². The van der Waals surface area contributed by atoms with E-state index in [0.29, 0.717) is 19.5 Å². The Balaban J connectivity index is 1.47. The number of imidazole rings is 1. The van der Waals surface area contributed by atoms with Gasteiger partial charge in [-0.1, -0.05) is 12.1 Å². The zero-order valence-electron chi connectivity index (χ0n) is 16.1. The van der Waals surface area contributed by atoms with Gasteiger partial charge in [-0.3, -0.25) is 4.79 Å². The van der Waals surface area contributed by atoms with Crippen molar-refractivity contribution in [2.45, 2.75) is 39.7 Å². The number of hydrogen-bond donors (Lipinski definition) is 1. The summed E-state index contributed by atoms with van der Waals surface area (Å²) < 4.78 is 5.73. The second-order valence-corrected chi connectivity index (χ2v) is 7.24. The van der Waals surface area contributed by atoms with Gasteiger partial charge in [0.05, 0.1) is 11.0 Å². The highest BCUT2D eigenvalue weighted by Crippen LogP contribution is 2.29. The van der Waals surface area contributed by atoms with Gasteiger partial charge in [0.2, 0.25) is 0 Å². The molecule has 3 aromatic rings.